The average molecular weight is 714 g/mol. The van der Waals surface area contributed by atoms with Gasteiger partial charge in [0.05, 0.1) is 11.3 Å². The number of rotatable bonds is 12. The monoisotopic (exact) mass is 713 g/mol. The molecule has 276 valence electrons. The van der Waals surface area contributed by atoms with Crippen molar-refractivity contribution < 1.29 is 22.8 Å². The number of alkyl halides is 3. The van der Waals surface area contributed by atoms with E-state index in [0.29, 0.717) is 38.0 Å². The molecule has 2 aromatic heterocycles. The third kappa shape index (κ3) is 14.5. The van der Waals surface area contributed by atoms with Crippen LogP contribution in [0.4, 0.5) is 13.2 Å². The van der Waals surface area contributed by atoms with Gasteiger partial charge >= 0.3 is 6.18 Å². The summed E-state index contributed by atoms with van der Waals surface area (Å²) in [5.41, 5.74) is 4.60. The molecule has 1 aliphatic heterocycles. The molecule has 0 aromatic carbocycles. The summed E-state index contributed by atoms with van der Waals surface area (Å²) >= 11 is 0. The molecular formula is C42H50F3N5O2. The zero-order valence-corrected chi connectivity index (χ0v) is 30.8. The van der Waals surface area contributed by atoms with Gasteiger partial charge in [-0.25, -0.2) is 0 Å². The molecule has 0 fully saturated rings. The SMILES string of the molecule is C=C/C(=C(\C)C1=CCN(C(=O)CCN(C)C)CC1)C(F)(F)F.C=Cc1cc(-c2cccncc(/C=C\C(=O)NC(C)/C=C\C)ccc2)cnc1C=C. The van der Waals surface area contributed by atoms with Gasteiger partial charge in [-0.1, -0.05) is 74.4 Å². The molecule has 2 aromatic rings. The normalized spacial score (nSPS) is 14.0. The van der Waals surface area contributed by atoms with Crippen molar-refractivity contribution in [2.24, 2.45) is 0 Å². The second kappa shape index (κ2) is 21.8. The maximum Gasteiger partial charge on any atom is 0.416 e. The number of allylic oxidation sites excluding steroid dienone is 4. The first-order valence-electron chi connectivity index (χ1n) is 16.9. The Kier molecular flexibility index (Phi) is 17.9. The predicted molar refractivity (Wildman–Crippen MR) is 208 cm³/mol. The highest BCUT2D eigenvalue weighted by molar-refractivity contribution is 5.92. The quantitative estimate of drug-likeness (QED) is 0.135. The largest absolute Gasteiger partial charge is 0.416 e. The van der Waals surface area contributed by atoms with E-state index in [2.05, 4.69) is 35.0 Å². The number of pyridine rings is 1. The smallest absolute Gasteiger partial charge is 0.347 e. The van der Waals surface area contributed by atoms with Gasteiger partial charge < -0.3 is 15.1 Å². The lowest BCUT2D eigenvalue weighted by atomic mass is 9.95. The van der Waals surface area contributed by atoms with Crippen LogP contribution in [0.2, 0.25) is 0 Å². The molecule has 0 aliphatic carbocycles. The van der Waals surface area contributed by atoms with Gasteiger partial charge in [0.2, 0.25) is 11.8 Å². The van der Waals surface area contributed by atoms with Gasteiger partial charge in [-0.3, -0.25) is 19.6 Å². The lowest BCUT2D eigenvalue weighted by Crippen LogP contribution is -2.36. The minimum atomic E-state index is -4.40. The van der Waals surface area contributed by atoms with Gasteiger partial charge in [0, 0.05) is 67.9 Å². The number of amides is 2. The first-order chi connectivity index (χ1) is 24.7. The maximum absolute atomic E-state index is 12.9. The Hall–Kier alpha value is -5.35. The highest BCUT2D eigenvalue weighted by Gasteiger charge is 2.34. The molecule has 0 bridgehead atoms. The number of aromatic nitrogens is 2. The van der Waals surface area contributed by atoms with E-state index in [-0.39, 0.29) is 23.4 Å². The fourth-order valence-electron chi connectivity index (χ4n) is 5.11. The summed E-state index contributed by atoms with van der Waals surface area (Å²) in [6, 6.07) is 11.6. The van der Waals surface area contributed by atoms with Crippen molar-refractivity contribution in [3.05, 3.63) is 139 Å². The molecule has 0 saturated carbocycles. The molecule has 0 spiro atoms. The third-order valence-electron chi connectivity index (χ3n) is 7.94. The Morgan fingerprint density at radius 1 is 1.08 bits per heavy atom. The molecule has 0 radical (unpaired) electrons. The van der Waals surface area contributed by atoms with E-state index < -0.39 is 11.7 Å². The van der Waals surface area contributed by atoms with Gasteiger partial charge in [-0.2, -0.15) is 13.2 Å². The lowest BCUT2D eigenvalue weighted by molar-refractivity contribution is -0.131. The minimum Gasteiger partial charge on any atom is -0.347 e. The Labute approximate surface area is 306 Å². The minimum absolute atomic E-state index is 0.0177. The summed E-state index contributed by atoms with van der Waals surface area (Å²) < 4.78 is 38.6. The van der Waals surface area contributed by atoms with Gasteiger partial charge in [0.25, 0.3) is 0 Å². The summed E-state index contributed by atoms with van der Waals surface area (Å²) in [6.07, 6.45) is 14.8. The Morgan fingerprint density at radius 3 is 2.40 bits per heavy atom. The molecule has 1 unspecified atom stereocenters. The number of hydrogen-bond donors (Lipinski definition) is 1. The highest BCUT2D eigenvalue weighted by Crippen LogP contribution is 2.33. The summed E-state index contributed by atoms with van der Waals surface area (Å²) in [7, 11) is 3.78. The van der Waals surface area contributed by atoms with Gasteiger partial charge in [0.15, 0.2) is 0 Å². The van der Waals surface area contributed by atoms with Gasteiger partial charge in [-0.05, 0) is 87.8 Å². The van der Waals surface area contributed by atoms with Gasteiger partial charge in [-0.15, -0.1) is 0 Å². The fraction of sp³-hybridized carbons (Fsp3) is 0.286. The zero-order chi connectivity index (χ0) is 38.7. The Balaban J connectivity index is 0.000000378. The average Bonchev–Trinajstić information content (AvgIpc) is 3.11. The van der Waals surface area contributed by atoms with Crippen LogP contribution in [0.5, 0.6) is 0 Å². The van der Waals surface area contributed by atoms with Crippen LogP contribution < -0.4 is 5.32 Å². The standard InChI is InChI=1S/C26H27N3O.C16H23F3N2O/c1-5-10-20(4)29-26(30)15-14-21-11-8-12-23(13-9-16-27-18-21)24-17-22(6-2)25(7-3)28-19-24;1-5-14(16(17,18)19)12(2)13-6-10-21(11-7-13)15(22)8-9-20(3)4/h5-20H,2-3H2,1,4H3,(H,29,30);5-6H,1,7-11H2,2-4H3/b10-5-,11-8?,12-8?,13-9?,15-14-,16-9?,21-11?,21-18?,23-12?,23-13?,27-16?,27-18?;14-12-. The molecule has 1 atom stereocenters. The van der Waals surface area contributed by atoms with Crippen LogP contribution in [0.15, 0.2) is 122 Å². The van der Waals surface area contributed by atoms with Crippen LogP contribution >= 0.6 is 0 Å². The second-order valence-electron chi connectivity index (χ2n) is 12.1. The summed E-state index contributed by atoms with van der Waals surface area (Å²) in [5, 5.41) is 2.87. The molecule has 52 heavy (non-hydrogen) atoms. The maximum atomic E-state index is 12.9. The number of carbonyl (C=O) groups excluding carboxylic acids is 2. The van der Waals surface area contributed by atoms with Crippen LogP contribution in [0.3, 0.4) is 0 Å². The van der Waals surface area contributed by atoms with E-state index >= 15 is 0 Å². The number of halogens is 3. The Bertz CT molecular complexity index is 1750. The van der Waals surface area contributed by atoms with Crippen molar-refractivity contribution in [1.29, 1.82) is 0 Å². The van der Waals surface area contributed by atoms with Crippen LogP contribution in [0, 0.1) is 0 Å². The number of hydrogen-bond acceptors (Lipinski definition) is 5. The molecular weight excluding hydrogens is 663 g/mol. The molecule has 1 N–H and O–H groups in total. The van der Waals surface area contributed by atoms with Crippen LogP contribution in [0.1, 0.15) is 50.4 Å². The van der Waals surface area contributed by atoms with E-state index in [1.54, 1.807) is 41.6 Å². The van der Waals surface area contributed by atoms with E-state index in [1.165, 1.54) is 13.0 Å². The Morgan fingerprint density at radius 2 is 1.81 bits per heavy atom. The first kappa shape index (κ1) is 42.8. The highest BCUT2D eigenvalue weighted by atomic mass is 19.4. The van der Waals surface area contributed by atoms with E-state index in [0.717, 1.165) is 34.0 Å². The van der Waals surface area contributed by atoms with Crippen molar-refractivity contribution in [3.63, 3.8) is 0 Å². The lowest BCUT2D eigenvalue weighted by Gasteiger charge is -2.28. The topological polar surface area (TPSA) is 78.4 Å². The van der Waals surface area contributed by atoms with E-state index in [9.17, 15) is 22.8 Å². The van der Waals surface area contributed by atoms with Crippen molar-refractivity contribution in [3.8, 4) is 11.1 Å². The summed E-state index contributed by atoms with van der Waals surface area (Å²) in [4.78, 5) is 36.4. The second-order valence-corrected chi connectivity index (χ2v) is 12.1. The van der Waals surface area contributed by atoms with Crippen molar-refractivity contribution in [2.75, 3.05) is 33.7 Å². The number of nitrogens with zero attached hydrogens (tertiary/aromatic N) is 4. The molecule has 1 aliphatic rings. The molecule has 0 saturated heterocycles. The van der Waals surface area contributed by atoms with E-state index in [4.69, 9.17) is 0 Å². The first-order valence-corrected chi connectivity index (χ1v) is 16.9. The fourth-order valence-corrected chi connectivity index (χ4v) is 5.11. The number of nitrogens with one attached hydrogen (secondary N) is 1. The predicted octanol–water partition coefficient (Wildman–Crippen LogP) is 8.81. The summed E-state index contributed by atoms with van der Waals surface area (Å²) in [5.74, 6) is -0.122. The third-order valence-corrected chi connectivity index (χ3v) is 7.94. The van der Waals surface area contributed by atoms with Crippen LogP contribution in [-0.4, -0.2) is 77.5 Å². The molecule has 3 heterocycles. The summed E-state index contributed by atoms with van der Waals surface area (Å²) in [6.45, 7) is 17.7. The van der Waals surface area contributed by atoms with Crippen LogP contribution in [-0.2, 0) is 9.59 Å². The molecule has 10 heteroatoms. The molecule has 2 amide bonds. The van der Waals surface area contributed by atoms with Gasteiger partial charge in [0.1, 0.15) is 0 Å². The molecule has 7 nitrogen and oxygen atoms in total. The van der Waals surface area contributed by atoms with E-state index in [1.807, 2.05) is 87.6 Å². The van der Waals surface area contributed by atoms with Crippen molar-refractivity contribution >= 4 is 30.0 Å². The van der Waals surface area contributed by atoms with Crippen LogP contribution in [0.25, 0.3) is 29.4 Å². The number of carbonyl (C=O) groups is 2. The zero-order valence-electron chi connectivity index (χ0n) is 30.8. The van der Waals surface area contributed by atoms with Crippen molar-refractivity contribution in [2.45, 2.75) is 45.8 Å². The molecule has 3 rings (SSSR count). The van der Waals surface area contributed by atoms with Crippen molar-refractivity contribution in [1.82, 2.24) is 25.1 Å².